The molecule has 2 N–H and O–H groups in total. The van der Waals surface area contributed by atoms with Crippen LogP contribution in [0.25, 0.3) is 0 Å². The molecule has 2 heterocycles. The van der Waals surface area contributed by atoms with Crippen molar-refractivity contribution in [1.82, 2.24) is 20.4 Å². The number of nitrogens with one attached hydrogen (secondary N) is 2. The molecule has 0 bridgehead atoms. The molecule has 0 radical (unpaired) electrons. The number of carbonyl (C=O) groups is 3. The number of anilines is 1. The zero-order valence-electron chi connectivity index (χ0n) is 21.0. The van der Waals surface area contributed by atoms with E-state index in [0.29, 0.717) is 12.2 Å². The lowest BCUT2D eigenvalue weighted by molar-refractivity contribution is -0.125. The van der Waals surface area contributed by atoms with Crippen LogP contribution in [0, 0.1) is 11.8 Å². The summed E-state index contributed by atoms with van der Waals surface area (Å²) in [7, 11) is 4.76. The summed E-state index contributed by atoms with van der Waals surface area (Å²) < 4.78 is 6.14. The fraction of sp³-hybridized carbons (Fsp3) is 0.577. The Balaban J connectivity index is 1.69. The molecule has 1 unspecified atom stereocenters. The highest BCUT2D eigenvalue weighted by molar-refractivity contribution is 5.96. The average molecular weight is 484 g/mol. The van der Waals surface area contributed by atoms with Crippen LogP contribution in [0.2, 0.25) is 0 Å². The van der Waals surface area contributed by atoms with Crippen LogP contribution >= 0.6 is 0 Å². The Morgan fingerprint density at radius 3 is 2.74 bits per heavy atom. The number of amides is 3. The minimum absolute atomic E-state index is 0.0640. The Hall–Kier alpha value is -2.93. The van der Waals surface area contributed by atoms with Crippen LogP contribution in [0.4, 0.5) is 10.5 Å². The van der Waals surface area contributed by atoms with E-state index in [9.17, 15) is 14.4 Å². The van der Waals surface area contributed by atoms with Crippen molar-refractivity contribution < 1.29 is 19.1 Å². The average Bonchev–Trinajstić information content (AvgIpc) is 2.88. The second-order valence-corrected chi connectivity index (χ2v) is 9.14. The summed E-state index contributed by atoms with van der Waals surface area (Å²) in [6.07, 6.45) is 3.25. The molecule has 9 nitrogen and oxygen atoms in total. The molecule has 0 aliphatic carbocycles. The Morgan fingerprint density at radius 1 is 1.29 bits per heavy atom. The van der Waals surface area contributed by atoms with E-state index in [1.807, 2.05) is 24.3 Å². The molecule has 3 amide bonds. The van der Waals surface area contributed by atoms with E-state index in [1.165, 1.54) is 16.8 Å². The molecule has 3 rings (SSSR count). The van der Waals surface area contributed by atoms with E-state index in [4.69, 9.17) is 4.74 Å². The molecule has 2 aliphatic heterocycles. The molecule has 2 aliphatic rings. The Bertz CT molecular complexity index is 945. The van der Waals surface area contributed by atoms with E-state index in [1.54, 1.807) is 14.1 Å². The van der Waals surface area contributed by atoms with Gasteiger partial charge in [0.15, 0.2) is 0 Å². The maximum absolute atomic E-state index is 13.2. The van der Waals surface area contributed by atoms with Crippen LogP contribution < -0.4 is 15.5 Å². The van der Waals surface area contributed by atoms with Gasteiger partial charge in [0.1, 0.15) is 12.3 Å². The van der Waals surface area contributed by atoms with Crippen LogP contribution in [0.3, 0.4) is 0 Å². The molecule has 1 aromatic carbocycles. The first-order valence-corrected chi connectivity index (χ1v) is 12.2. The van der Waals surface area contributed by atoms with Gasteiger partial charge in [-0.2, -0.15) is 0 Å². The number of carbonyl (C=O) groups excluding carboxylic acids is 3. The first-order valence-electron chi connectivity index (χ1n) is 12.2. The number of piperidine rings is 1. The summed E-state index contributed by atoms with van der Waals surface area (Å²) in [6, 6.07) is 6.40. The number of ether oxygens (including phenoxy) is 1. The Labute approximate surface area is 208 Å². The molecule has 0 saturated carbocycles. The molecule has 9 heteroatoms. The van der Waals surface area contributed by atoms with Crippen molar-refractivity contribution in [3.63, 3.8) is 0 Å². The number of hydrogen-bond acceptors (Lipinski definition) is 6. The SMILES string of the molecule is CNC(=O)C(CCC=O)N(C)C(=O)N(C)c1ccccc1C#CCN1CCOC2(CCNCC2)C1. The third-order valence-corrected chi connectivity index (χ3v) is 6.80. The van der Waals surface area contributed by atoms with Crippen molar-refractivity contribution in [2.45, 2.75) is 37.3 Å². The molecular weight excluding hydrogens is 446 g/mol. The van der Waals surface area contributed by atoms with Gasteiger partial charge in [0.05, 0.1) is 24.4 Å². The molecule has 2 fully saturated rings. The van der Waals surface area contributed by atoms with Gasteiger partial charge in [-0.1, -0.05) is 24.0 Å². The number of aldehydes is 1. The van der Waals surface area contributed by atoms with E-state index < -0.39 is 6.04 Å². The lowest BCUT2D eigenvalue weighted by Crippen LogP contribution is -2.56. The molecular formula is C26H37N5O4. The quantitative estimate of drug-likeness (QED) is 0.445. The van der Waals surface area contributed by atoms with Gasteiger partial charge in [-0.05, 0) is 44.5 Å². The third kappa shape index (κ3) is 6.82. The summed E-state index contributed by atoms with van der Waals surface area (Å²) >= 11 is 0. The number of morpholine rings is 1. The normalized spacial score (nSPS) is 18.1. The predicted molar refractivity (Wildman–Crippen MR) is 135 cm³/mol. The highest BCUT2D eigenvalue weighted by Gasteiger charge is 2.37. The van der Waals surface area contributed by atoms with E-state index in [0.717, 1.165) is 57.5 Å². The Morgan fingerprint density at radius 2 is 2.03 bits per heavy atom. The zero-order valence-corrected chi connectivity index (χ0v) is 21.0. The first-order chi connectivity index (χ1) is 16.9. The fourth-order valence-electron chi connectivity index (χ4n) is 4.73. The van der Waals surface area contributed by atoms with E-state index in [2.05, 4.69) is 27.4 Å². The zero-order chi connectivity index (χ0) is 25.3. The molecule has 2 saturated heterocycles. The van der Waals surface area contributed by atoms with Gasteiger partial charge >= 0.3 is 6.03 Å². The van der Waals surface area contributed by atoms with E-state index >= 15 is 0 Å². The molecule has 35 heavy (non-hydrogen) atoms. The lowest BCUT2D eigenvalue weighted by Gasteiger charge is -2.44. The highest BCUT2D eigenvalue weighted by atomic mass is 16.5. The molecule has 1 spiro atoms. The Kier molecular flexibility index (Phi) is 9.66. The molecule has 1 atom stereocenters. The van der Waals surface area contributed by atoms with Crippen molar-refractivity contribution >= 4 is 23.9 Å². The molecule has 1 aromatic rings. The number of rotatable bonds is 7. The summed E-state index contributed by atoms with van der Waals surface area (Å²) in [5.41, 5.74) is 1.34. The topological polar surface area (TPSA) is 94.2 Å². The summed E-state index contributed by atoms with van der Waals surface area (Å²) in [5, 5.41) is 5.97. The number of para-hydroxylation sites is 1. The second-order valence-electron chi connectivity index (χ2n) is 9.14. The van der Waals surface area contributed by atoms with Gasteiger partial charge in [-0.3, -0.25) is 14.6 Å². The third-order valence-electron chi connectivity index (χ3n) is 6.80. The predicted octanol–water partition coefficient (Wildman–Crippen LogP) is 1.07. The van der Waals surface area contributed by atoms with Crippen LogP contribution in [-0.4, -0.2) is 100 Å². The van der Waals surface area contributed by atoms with Gasteiger partial charge < -0.3 is 25.1 Å². The van der Waals surface area contributed by atoms with Crippen LogP contribution in [0.1, 0.15) is 31.2 Å². The van der Waals surface area contributed by atoms with Gasteiger partial charge in [0.2, 0.25) is 5.91 Å². The summed E-state index contributed by atoms with van der Waals surface area (Å²) in [5.74, 6) is 6.22. The molecule has 0 aromatic heterocycles. The van der Waals surface area contributed by atoms with Gasteiger partial charge in [0, 0.05) is 46.2 Å². The standard InChI is InChI=1S/C26H37N5O4/c1-27-24(33)23(11-7-18-32)30(3)25(34)29(2)22-10-5-4-8-21(22)9-6-16-31-17-19-35-26(20-31)12-14-28-15-13-26/h4-5,8,10,18,23,28H,7,11-17,19-20H2,1-3H3,(H,27,33). The minimum Gasteiger partial charge on any atom is -0.372 e. The number of benzene rings is 1. The summed E-state index contributed by atoms with van der Waals surface area (Å²) in [6.45, 7) is 5.06. The molecule has 190 valence electrons. The van der Waals surface area contributed by atoms with Crippen LogP contribution in [0.5, 0.6) is 0 Å². The van der Waals surface area contributed by atoms with Gasteiger partial charge in [-0.15, -0.1) is 0 Å². The van der Waals surface area contributed by atoms with Gasteiger partial charge in [-0.25, -0.2) is 4.79 Å². The fourth-order valence-corrected chi connectivity index (χ4v) is 4.73. The van der Waals surface area contributed by atoms with Crippen LogP contribution in [-0.2, 0) is 14.3 Å². The first kappa shape index (κ1) is 26.7. The van der Waals surface area contributed by atoms with Crippen molar-refractivity contribution in [2.24, 2.45) is 0 Å². The van der Waals surface area contributed by atoms with Crippen molar-refractivity contribution in [3.8, 4) is 11.8 Å². The van der Waals surface area contributed by atoms with Crippen molar-refractivity contribution in [3.05, 3.63) is 29.8 Å². The minimum atomic E-state index is -0.734. The maximum Gasteiger partial charge on any atom is 0.324 e. The highest BCUT2D eigenvalue weighted by Crippen LogP contribution is 2.27. The largest absolute Gasteiger partial charge is 0.372 e. The number of nitrogens with zero attached hydrogens (tertiary/aromatic N) is 3. The number of hydrogen-bond donors (Lipinski definition) is 2. The van der Waals surface area contributed by atoms with Gasteiger partial charge in [0.25, 0.3) is 0 Å². The monoisotopic (exact) mass is 483 g/mol. The maximum atomic E-state index is 13.2. The smallest absolute Gasteiger partial charge is 0.324 e. The van der Waals surface area contributed by atoms with Crippen molar-refractivity contribution in [2.75, 3.05) is 65.4 Å². The lowest BCUT2D eigenvalue weighted by atomic mass is 9.90. The van der Waals surface area contributed by atoms with E-state index in [-0.39, 0.29) is 30.4 Å². The van der Waals surface area contributed by atoms with Crippen LogP contribution in [0.15, 0.2) is 24.3 Å². The number of urea groups is 1. The van der Waals surface area contributed by atoms with Crippen molar-refractivity contribution in [1.29, 1.82) is 0 Å². The summed E-state index contributed by atoms with van der Waals surface area (Å²) in [4.78, 5) is 41.6. The number of likely N-dealkylation sites (N-methyl/N-ethyl adjacent to an activating group) is 2. The second kappa shape index (κ2) is 12.7.